The van der Waals surface area contributed by atoms with Crippen LogP contribution in [0.15, 0.2) is 18.2 Å². The number of nitrogen functional groups attached to an aromatic ring is 2. The summed E-state index contributed by atoms with van der Waals surface area (Å²) >= 11 is 0. The van der Waals surface area contributed by atoms with E-state index < -0.39 is 0 Å². The second-order valence-corrected chi connectivity index (χ2v) is 3.96. The van der Waals surface area contributed by atoms with Gasteiger partial charge < -0.3 is 16.4 Å². The fourth-order valence-corrected chi connectivity index (χ4v) is 1.54. The average molecular weight is 207 g/mol. The summed E-state index contributed by atoms with van der Waals surface area (Å²) in [5.74, 6) is 0. The van der Waals surface area contributed by atoms with Crippen LogP contribution in [0.4, 0.5) is 11.4 Å². The standard InChI is InChI=1S/C12H21N3/c1-3-15(2)8-4-5-10-9-11(13)6-7-12(10)14/h6-7,9H,3-5,8,13-14H2,1-2H3. The van der Waals surface area contributed by atoms with Crippen LogP contribution >= 0.6 is 0 Å². The Morgan fingerprint density at radius 1 is 1.27 bits per heavy atom. The van der Waals surface area contributed by atoms with Crippen molar-refractivity contribution in [2.75, 3.05) is 31.6 Å². The molecule has 0 aliphatic carbocycles. The maximum atomic E-state index is 5.87. The van der Waals surface area contributed by atoms with E-state index in [0.29, 0.717) is 0 Å². The van der Waals surface area contributed by atoms with E-state index in [0.717, 1.165) is 37.3 Å². The van der Waals surface area contributed by atoms with Gasteiger partial charge in [0.25, 0.3) is 0 Å². The molecule has 0 radical (unpaired) electrons. The van der Waals surface area contributed by atoms with Crippen LogP contribution in [0.3, 0.4) is 0 Å². The highest BCUT2D eigenvalue weighted by Crippen LogP contribution is 2.17. The molecule has 4 N–H and O–H groups in total. The minimum Gasteiger partial charge on any atom is -0.399 e. The van der Waals surface area contributed by atoms with E-state index in [1.807, 2.05) is 18.2 Å². The Hall–Kier alpha value is -1.22. The first kappa shape index (κ1) is 11.9. The van der Waals surface area contributed by atoms with Gasteiger partial charge in [0.15, 0.2) is 0 Å². The summed E-state index contributed by atoms with van der Waals surface area (Å²) in [4.78, 5) is 2.29. The molecule has 1 aromatic rings. The van der Waals surface area contributed by atoms with Crippen molar-refractivity contribution in [3.63, 3.8) is 0 Å². The van der Waals surface area contributed by atoms with Gasteiger partial charge in [-0.15, -0.1) is 0 Å². The highest BCUT2D eigenvalue weighted by Gasteiger charge is 2.01. The largest absolute Gasteiger partial charge is 0.399 e. The predicted octanol–water partition coefficient (Wildman–Crippen LogP) is 1.74. The average Bonchev–Trinajstić information content (AvgIpc) is 2.23. The van der Waals surface area contributed by atoms with E-state index >= 15 is 0 Å². The van der Waals surface area contributed by atoms with E-state index in [2.05, 4.69) is 18.9 Å². The van der Waals surface area contributed by atoms with Gasteiger partial charge in [-0.3, -0.25) is 0 Å². The third-order valence-corrected chi connectivity index (χ3v) is 2.69. The fraction of sp³-hybridized carbons (Fsp3) is 0.500. The van der Waals surface area contributed by atoms with Crippen molar-refractivity contribution in [1.29, 1.82) is 0 Å². The number of nitrogens with two attached hydrogens (primary N) is 2. The van der Waals surface area contributed by atoms with Crippen LogP contribution in [-0.4, -0.2) is 25.0 Å². The van der Waals surface area contributed by atoms with Crippen molar-refractivity contribution in [2.24, 2.45) is 0 Å². The van der Waals surface area contributed by atoms with Gasteiger partial charge in [-0.2, -0.15) is 0 Å². The lowest BCUT2D eigenvalue weighted by atomic mass is 10.1. The van der Waals surface area contributed by atoms with Crippen molar-refractivity contribution in [3.05, 3.63) is 23.8 Å². The fourth-order valence-electron chi connectivity index (χ4n) is 1.54. The minimum absolute atomic E-state index is 0.794. The minimum atomic E-state index is 0.794. The molecular formula is C12H21N3. The lowest BCUT2D eigenvalue weighted by molar-refractivity contribution is 0.347. The zero-order valence-electron chi connectivity index (χ0n) is 9.66. The summed E-state index contributed by atoms with van der Waals surface area (Å²) in [7, 11) is 2.13. The number of rotatable bonds is 5. The molecule has 0 saturated carbocycles. The Morgan fingerprint density at radius 2 is 2.00 bits per heavy atom. The molecule has 0 aromatic heterocycles. The Balaban J connectivity index is 2.46. The van der Waals surface area contributed by atoms with Crippen LogP contribution < -0.4 is 11.5 Å². The number of anilines is 2. The van der Waals surface area contributed by atoms with Crippen LogP contribution in [0.25, 0.3) is 0 Å². The van der Waals surface area contributed by atoms with Gasteiger partial charge in [-0.1, -0.05) is 6.92 Å². The smallest absolute Gasteiger partial charge is 0.0348 e. The molecule has 0 heterocycles. The van der Waals surface area contributed by atoms with Crippen molar-refractivity contribution < 1.29 is 0 Å². The summed E-state index contributed by atoms with van der Waals surface area (Å²) in [6.45, 7) is 4.35. The van der Waals surface area contributed by atoms with Crippen molar-refractivity contribution in [2.45, 2.75) is 19.8 Å². The molecule has 84 valence electrons. The molecule has 0 aliphatic heterocycles. The van der Waals surface area contributed by atoms with Crippen LogP contribution in [0, 0.1) is 0 Å². The van der Waals surface area contributed by atoms with Gasteiger partial charge in [0.1, 0.15) is 0 Å². The summed E-state index contributed by atoms with van der Waals surface area (Å²) in [6.07, 6.45) is 2.12. The van der Waals surface area contributed by atoms with Gasteiger partial charge >= 0.3 is 0 Å². The second-order valence-electron chi connectivity index (χ2n) is 3.96. The molecule has 0 amide bonds. The van der Waals surface area contributed by atoms with Gasteiger partial charge in [-0.25, -0.2) is 0 Å². The maximum absolute atomic E-state index is 5.87. The molecule has 0 unspecified atom stereocenters. The van der Waals surface area contributed by atoms with Crippen LogP contribution in [-0.2, 0) is 6.42 Å². The summed E-state index contributed by atoms with van der Waals surface area (Å²) in [6, 6.07) is 5.70. The van der Waals surface area contributed by atoms with Gasteiger partial charge in [0.05, 0.1) is 0 Å². The van der Waals surface area contributed by atoms with Gasteiger partial charge in [0, 0.05) is 11.4 Å². The number of aryl methyl sites for hydroxylation is 1. The number of benzene rings is 1. The normalized spacial score (nSPS) is 10.9. The lowest BCUT2D eigenvalue weighted by Crippen LogP contribution is -2.19. The molecule has 0 atom stereocenters. The Labute approximate surface area is 92.1 Å². The van der Waals surface area contributed by atoms with Crippen LogP contribution in [0.5, 0.6) is 0 Å². The Kier molecular flexibility index (Phi) is 4.43. The highest BCUT2D eigenvalue weighted by atomic mass is 15.1. The monoisotopic (exact) mass is 207 g/mol. The number of hydrogen-bond acceptors (Lipinski definition) is 3. The Morgan fingerprint density at radius 3 is 2.67 bits per heavy atom. The van der Waals surface area contributed by atoms with E-state index in [4.69, 9.17) is 11.5 Å². The van der Waals surface area contributed by atoms with Crippen molar-refractivity contribution in [3.8, 4) is 0 Å². The van der Waals surface area contributed by atoms with Crippen LogP contribution in [0.1, 0.15) is 18.9 Å². The zero-order valence-corrected chi connectivity index (χ0v) is 9.66. The molecule has 15 heavy (non-hydrogen) atoms. The molecule has 1 rings (SSSR count). The highest BCUT2D eigenvalue weighted by molar-refractivity contribution is 5.55. The third kappa shape index (κ3) is 3.80. The van der Waals surface area contributed by atoms with E-state index in [9.17, 15) is 0 Å². The molecule has 0 spiro atoms. The first-order chi connectivity index (χ1) is 7.13. The van der Waals surface area contributed by atoms with E-state index in [1.54, 1.807) is 0 Å². The summed E-state index contributed by atoms with van der Waals surface area (Å²) in [5.41, 5.74) is 14.4. The zero-order chi connectivity index (χ0) is 11.3. The predicted molar refractivity (Wildman–Crippen MR) is 66.8 cm³/mol. The van der Waals surface area contributed by atoms with E-state index in [1.165, 1.54) is 5.56 Å². The first-order valence-corrected chi connectivity index (χ1v) is 5.46. The second kappa shape index (κ2) is 5.61. The number of nitrogens with zero attached hydrogens (tertiary/aromatic N) is 1. The molecular weight excluding hydrogens is 186 g/mol. The quantitative estimate of drug-likeness (QED) is 0.723. The van der Waals surface area contributed by atoms with Crippen molar-refractivity contribution >= 4 is 11.4 Å². The topological polar surface area (TPSA) is 55.3 Å². The molecule has 0 saturated heterocycles. The molecule has 0 fully saturated rings. The third-order valence-electron chi connectivity index (χ3n) is 2.69. The van der Waals surface area contributed by atoms with E-state index in [-0.39, 0.29) is 0 Å². The van der Waals surface area contributed by atoms with Gasteiger partial charge in [-0.05, 0) is 56.7 Å². The number of hydrogen-bond donors (Lipinski definition) is 2. The SMILES string of the molecule is CCN(C)CCCc1cc(N)ccc1N. The maximum Gasteiger partial charge on any atom is 0.0348 e. The van der Waals surface area contributed by atoms with Crippen molar-refractivity contribution in [1.82, 2.24) is 4.90 Å². The molecule has 1 aromatic carbocycles. The summed E-state index contributed by atoms with van der Waals surface area (Å²) < 4.78 is 0. The Bertz CT molecular complexity index is 310. The first-order valence-electron chi connectivity index (χ1n) is 5.46. The molecule has 0 aliphatic rings. The molecule has 3 nitrogen and oxygen atoms in total. The molecule has 0 bridgehead atoms. The van der Waals surface area contributed by atoms with Crippen LogP contribution in [0.2, 0.25) is 0 Å². The summed E-state index contributed by atoms with van der Waals surface area (Å²) in [5, 5.41) is 0. The molecule has 3 heteroatoms. The van der Waals surface area contributed by atoms with Gasteiger partial charge in [0.2, 0.25) is 0 Å². The lowest BCUT2D eigenvalue weighted by Gasteiger charge is -2.14.